The van der Waals surface area contributed by atoms with Crippen molar-refractivity contribution in [3.8, 4) is 0 Å². The maximum absolute atomic E-state index is 14.4. The predicted molar refractivity (Wildman–Crippen MR) is 96.8 cm³/mol. The third-order valence-corrected chi connectivity index (χ3v) is 4.42. The minimum absolute atomic E-state index is 0.191. The number of alkyl carbamates (subject to hydrolysis) is 1. The third-order valence-electron chi connectivity index (χ3n) is 3.39. The second kappa shape index (κ2) is 7.38. The zero-order valence-corrected chi connectivity index (χ0v) is 16.2. The van der Waals surface area contributed by atoms with Crippen LogP contribution in [-0.4, -0.2) is 42.0 Å². The Bertz CT molecular complexity index is 582. The number of alkyl halides is 1. The molecule has 5 nitrogen and oxygen atoms in total. The van der Waals surface area contributed by atoms with E-state index in [-0.39, 0.29) is 6.54 Å². The van der Waals surface area contributed by atoms with Gasteiger partial charge in [0, 0.05) is 12.7 Å². The summed E-state index contributed by atoms with van der Waals surface area (Å²) in [6, 6.07) is 1.19. The molecule has 1 aliphatic rings. The van der Waals surface area contributed by atoms with Crippen LogP contribution in [0.5, 0.6) is 0 Å². The van der Waals surface area contributed by atoms with Crippen LogP contribution in [0.15, 0.2) is 12.3 Å². The quantitative estimate of drug-likeness (QED) is 0.545. The van der Waals surface area contributed by atoms with E-state index in [2.05, 4.69) is 32.9 Å². The van der Waals surface area contributed by atoms with Gasteiger partial charge in [0.25, 0.3) is 0 Å². The first-order valence-electron chi connectivity index (χ1n) is 7.35. The molecule has 2 rings (SSSR count). The molecule has 2 heterocycles. The van der Waals surface area contributed by atoms with Crippen LogP contribution in [-0.2, 0) is 4.74 Å². The molecule has 1 saturated heterocycles. The fraction of sp³-hybridized carbons (Fsp3) is 0.600. The normalized spacial score (nSPS) is 21.9. The Morgan fingerprint density at radius 3 is 2.87 bits per heavy atom. The van der Waals surface area contributed by atoms with Crippen molar-refractivity contribution in [1.82, 2.24) is 10.3 Å². The summed E-state index contributed by atoms with van der Waals surface area (Å²) < 4.78 is 20.5. The summed E-state index contributed by atoms with van der Waals surface area (Å²) >= 11 is 8.07. The number of ether oxygens (including phenoxy) is 1. The number of aromatic nitrogens is 1. The van der Waals surface area contributed by atoms with Crippen LogP contribution in [0, 0.1) is 3.57 Å². The smallest absolute Gasteiger partial charge is 0.407 e. The molecule has 2 atom stereocenters. The molecule has 0 bridgehead atoms. The molecule has 1 aliphatic heterocycles. The van der Waals surface area contributed by atoms with E-state index in [0.717, 1.165) is 9.26 Å². The van der Waals surface area contributed by atoms with E-state index in [1.165, 1.54) is 0 Å². The Hall–Kier alpha value is -0.830. The van der Waals surface area contributed by atoms with Crippen LogP contribution < -0.4 is 10.2 Å². The molecule has 0 radical (unpaired) electrons. The molecule has 0 aromatic carbocycles. The van der Waals surface area contributed by atoms with E-state index in [4.69, 9.17) is 16.3 Å². The standard InChI is InChI=1S/C15H20ClFIN3O2/c1-15(2,3)23-14(22)20-11-4-5-21(8-9(11)17)12-6-13(16)19-7-10(12)18/h6-7,9,11H,4-5,8H2,1-3H3,(H,20,22)/t9-,11+/m0/s1. The molecule has 1 amide bonds. The molecule has 1 aromatic rings. The second-order valence-electron chi connectivity index (χ2n) is 6.46. The summed E-state index contributed by atoms with van der Waals surface area (Å²) in [5.41, 5.74) is 0.268. The van der Waals surface area contributed by atoms with Crippen molar-refractivity contribution in [2.24, 2.45) is 0 Å². The van der Waals surface area contributed by atoms with Crippen LogP contribution in [0.1, 0.15) is 27.2 Å². The number of hydrogen-bond donors (Lipinski definition) is 1. The molecule has 0 aliphatic carbocycles. The predicted octanol–water partition coefficient (Wildman–Crippen LogP) is 3.78. The molecule has 128 valence electrons. The van der Waals surface area contributed by atoms with Gasteiger partial charge in [-0.05, 0) is 55.8 Å². The average molecular weight is 456 g/mol. The lowest BCUT2D eigenvalue weighted by Crippen LogP contribution is -2.53. The number of carbonyl (C=O) groups is 1. The van der Waals surface area contributed by atoms with E-state index in [0.29, 0.717) is 18.1 Å². The molecule has 0 unspecified atom stereocenters. The summed E-state index contributed by atoms with van der Waals surface area (Å²) in [4.78, 5) is 17.7. The van der Waals surface area contributed by atoms with E-state index in [1.807, 2.05) is 4.90 Å². The Balaban J connectivity index is 1.97. The van der Waals surface area contributed by atoms with Crippen LogP contribution in [0.2, 0.25) is 5.15 Å². The first kappa shape index (κ1) is 18.5. The fourth-order valence-corrected chi connectivity index (χ4v) is 3.18. The molecule has 0 spiro atoms. The van der Waals surface area contributed by atoms with Gasteiger partial charge in [0.05, 0.1) is 21.8 Å². The summed E-state index contributed by atoms with van der Waals surface area (Å²) in [6.07, 6.45) is 0.395. The number of piperidine rings is 1. The number of rotatable bonds is 2. The monoisotopic (exact) mass is 455 g/mol. The minimum Gasteiger partial charge on any atom is -0.444 e. The number of pyridine rings is 1. The van der Waals surface area contributed by atoms with Crippen molar-refractivity contribution in [2.45, 2.75) is 45.0 Å². The summed E-state index contributed by atoms with van der Waals surface area (Å²) in [5, 5.41) is 3.00. The molecule has 1 aromatic heterocycles. The van der Waals surface area contributed by atoms with E-state index < -0.39 is 23.9 Å². The molecule has 1 N–H and O–H groups in total. The third kappa shape index (κ3) is 5.34. The minimum atomic E-state index is -1.18. The average Bonchev–Trinajstić information content (AvgIpc) is 2.42. The molecular weight excluding hydrogens is 436 g/mol. The van der Waals surface area contributed by atoms with Gasteiger partial charge in [-0.25, -0.2) is 14.2 Å². The van der Waals surface area contributed by atoms with Crippen molar-refractivity contribution in [1.29, 1.82) is 0 Å². The van der Waals surface area contributed by atoms with E-state index in [9.17, 15) is 9.18 Å². The number of anilines is 1. The number of carbonyl (C=O) groups excluding carboxylic acids is 1. The molecule has 23 heavy (non-hydrogen) atoms. The van der Waals surface area contributed by atoms with Gasteiger partial charge in [-0.3, -0.25) is 0 Å². The van der Waals surface area contributed by atoms with Gasteiger partial charge in [-0.2, -0.15) is 0 Å². The zero-order chi connectivity index (χ0) is 17.2. The lowest BCUT2D eigenvalue weighted by Gasteiger charge is -2.37. The first-order valence-corrected chi connectivity index (χ1v) is 8.81. The van der Waals surface area contributed by atoms with Crippen molar-refractivity contribution >= 4 is 46.0 Å². The maximum Gasteiger partial charge on any atom is 0.407 e. The van der Waals surface area contributed by atoms with Gasteiger partial charge >= 0.3 is 6.09 Å². The van der Waals surface area contributed by atoms with E-state index >= 15 is 0 Å². The molecular formula is C15H20ClFIN3O2. The lowest BCUT2D eigenvalue weighted by atomic mass is 10.0. The second-order valence-corrected chi connectivity index (χ2v) is 8.01. The highest BCUT2D eigenvalue weighted by Gasteiger charge is 2.32. The zero-order valence-electron chi connectivity index (χ0n) is 13.3. The van der Waals surface area contributed by atoms with Crippen molar-refractivity contribution in [3.05, 3.63) is 21.0 Å². The topological polar surface area (TPSA) is 54.5 Å². The number of halogens is 3. The van der Waals surface area contributed by atoms with Crippen molar-refractivity contribution in [3.63, 3.8) is 0 Å². The van der Waals surface area contributed by atoms with Crippen LogP contribution in [0.4, 0.5) is 14.9 Å². The number of nitrogens with zero attached hydrogens (tertiary/aromatic N) is 2. The largest absolute Gasteiger partial charge is 0.444 e. The summed E-state index contributed by atoms with van der Waals surface area (Å²) in [5.74, 6) is 0. The molecule has 0 saturated carbocycles. The number of amides is 1. The van der Waals surface area contributed by atoms with Gasteiger partial charge in [0.2, 0.25) is 0 Å². The Labute approximate surface area is 154 Å². The maximum atomic E-state index is 14.4. The van der Waals surface area contributed by atoms with Gasteiger partial charge in [-0.15, -0.1) is 0 Å². The van der Waals surface area contributed by atoms with Crippen molar-refractivity contribution in [2.75, 3.05) is 18.0 Å². The van der Waals surface area contributed by atoms with Crippen LogP contribution in [0.25, 0.3) is 0 Å². The van der Waals surface area contributed by atoms with Gasteiger partial charge in [0.15, 0.2) is 0 Å². The first-order chi connectivity index (χ1) is 10.7. The van der Waals surface area contributed by atoms with Crippen molar-refractivity contribution < 1.29 is 13.9 Å². The highest BCUT2D eigenvalue weighted by atomic mass is 127. The summed E-state index contributed by atoms with van der Waals surface area (Å²) in [7, 11) is 0. The Morgan fingerprint density at radius 2 is 2.26 bits per heavy atom. The molecule has 1 fully saturated rings. The van der Waals surface area contributed by atoms with Gasteiger partial charge in [0.1, 0.15) is 16.9 Å². The van der Waals surface area contributed by atoms with Crippen LogP contribution >= 0.6 is 34.2 Å². The summed E-state index contributed by atoms with van der Waals surface area (Å²) in [6.45, 7) is 6.14. The van der Waals surface area contributed by atoms with Gasteiger partial charge in [-0.1, -0.05) is 11.6 Å². The number of hydrogen-bond acceptors (Lipinski definition) is 4. The highest BCUT2D eigenvalue weighted by Crippen LogP contribution is 2.28. The fourth-order valence-electron chi connectivity index (χ4n) is 2.39. The van der Waals surface area contributed by atoms with Gasteiger partial charge < -0.3 is 15.0 Å². The Morgan fingerprint density at radius 1 is 1.57 bits per heavy atom. The number of nitrogens with one attached hydrogen (secondary N) is 1. The van der Waals surface area contributed by atoms with Crippen LogP contribution in [0.3, 0.4) is 0 Å². The SMILES string of the molecule is CC(C)(C)OC(=O)N[C@@H]1CCN(c2cc(Cl)ncc2I)C[C@@H]1F. The molecule has 8 heteroatoms. The highest BCUT2D eigenvalue weighted by molar-refractivity contribution is 14.1. The Kier molecular flexibility index (Phi) is 5.94. The lowest BCUT2D eigenvalue weighted by molar-refractivity contribution is 0.0463. The van der Waals surface area contributed by atoms with E-state index in [1.54, 1.807) is 33.0 Å².